The molecule has 2 saturated heterocycles. The average Bonchev–Trinajstić information content (AvgIpc) is 3.03. The number of nitrogens with one attached hydrogen (secondary N) is 1. The molecule has 1 unspecified atom stereocenters. The Morgan fingerprint density at radius 3 is 3.04 bits per heavy atom. The lowest BCUT2D eigenvalue weighted by Crippen LogP contribution is -2.52. The van der Waals surface area contributed by atoms with E-state index in [1.54, 1.807) is 0 Å². The Bertz CT molecular complexity index is 947. The summed E-state index contributed by atoms with van der Waals surface area (Å²) < 4.78 is 0.563. The van der Waals surface area contributed by atoms with Gasteiger partial charge in [0.2, 0.25) is 0 Å². The SMILES string of the molecule is CC=C1CN2CC[C@]3(c4ccccc4N)c4[nH]c(=S)ncc4[C@H]1CC23. The molecule has 3 atom stereocenters. The van der Waals surface area contributed by atoms with Gasteiger partial charge < -0.3 is 10.7 Å². The number of hydrogen-bond acceptors (Lipinski definition) is 4. The van der Waals surface area contributed by atoms with Gasteiger partial charge in [0.25, 0.3) is 0 Å². The van der Waals surface area contributed by atoms with Crippen LogP contribution in [0.4, 0.5) is 5.69 Å². The lowest BCUT2D eigenvalue weighted by molar-refractivity contribution is 0.171. The van der Waals surface area contributed by atoms with Crippen LogP contribution < -0.4 is 5.73 Å². The van der Waals surface area contributed by atoms with E-state index in [0.29, 0.717) is 16.7 Å². The molecule has 3 N–H and O–H groups in total. The van der Waals surface area contributed by atoms with Crippen LogP contribution in [0.5, 0.6) is 0 Å². The van der Waals surface area contributed by atoms with Gasteiger partial charge in [-0.25, -0.2) is 4.98 Å². The van der Waals surface area contributed by atoms with Gasteiger partial charge in [0, 0.05) is 42.6 Å². The van der Waals surface area contributed by atoms with Gasteiger partial charge in [-0.1, -0.05) is 29.8 Å². The quantitative estimate of drug-likeness (QED) is 0.469. The van der Waals surface area contributed by atoms with Crippen LogP contribution in [0, 0.1) is 4.77 Å². The molecule has 2 bridgehead atoms. The van der Waals surface area contributed by atoms with Crippen LogP contribution in [-0.4, -0.2) is 34.0 Å². The van der Waals surface area contributed by atoms with Crippen molar-refractivity contribution in [3.8, 4) is 0 Å². The van der Waals surface area contributed by atoms with Gasteiger partial charge in [-0.15, -0.1) is 0 Å². The Balaban J connectivity index is 1.86. The zero-order valence-corrected chi connectivity index (χ0v) is 15.1. The molecule has 25 heavy (non-hydrogen) atoms. The molecule has 3 heterocycles. The summed E-state index contributed by atoms with van der Waals surface area (Å²) in [4.78, 5) is 10.6. The maximum atomic E-state index is 6.46. The summed E-state index contributed by atoms with van der Waals surface area (Å²) in [6, 6.07) is 8.80. The van der Waals surface area contributed by atoms with E-state index in [2.05, 4.69) is 40.0 Å². The second-order valence-electron chi connectivity index (χ2n) is 7.47. The molecule has 0 radical (unpaired) electrons. The summed E-state index contributed by atoms with van der Waals surface area (Å²) in [6.45, 7) is 4.29. The number of nitrogens with two attached hydrogens (primary N) is 1. The minimum Gasteiger partial charge on any atom is -0.398 e. The maximum Gasteiger partial charge on any atom is 0.196 e. The fourth-order valence-electron chi connectivity index (χ4n) is 5.51. The number of hydrogen-bond donors (Lipinski definition) is 2. The van der Waals surface area contributed by atoms with Crippen molar-refractivity contribution in [2.75, 3.05) is 18.8 Å². The summed E-state index contributed by atoms with van der Waals surface area (Å²) in [5, 5.41) is 0. The van der Waals surface area contributed by atoms with E-state index in [1.807, 2.05) is 18.3 Å². The topological polar surface area (TPSA) is 57.9 Å². The standard InChI is InChI=1S/C20H22N4S/c1-2-12-11-24-8-7-20(15-5-3-4-6-16(15)21)17(24)9-13(12)14-10-22-19(25)23-18(14)20/h2-6,10,13,17H,7-9,11,21H2,1H3,(H,22,23,25)/t13-,17?,20+/m0/s1. The van der Waals surface area contributed by atoms with E-state index in [0.717, 1.165) is 31.6 Å². The van der Waals surface area contributed by atoms with Crippen LogP contribution >= 0.6 is 12.2 Å². The van der Waals surface area contributed by atoms with Gasteiger partial charge in [-0.05, 0) is 49.2 Å². The first-order valence-corrected chi connectivity index (χ1v) is 9.40. The summed E-state index contributed by atoms with van der Waals surface area (Å²) in [5.74, 6) is 0.441. The summed E-state index contributed by atoms with van der Waals surface area (Å²) >= 11 is 5.41. The number of nitrogen functional groups attached to an aromatic ring is 1. The van der Waals surface area contributed by atoms with E-state index in [-0.39, 0.29) is 5.41 Å². The molecule has 4 nitrogen and oxygen atoms in total. The van der Waals surface area contributed by atoms with Crippen molar-refractivity contribution in [1.29, 1.82) is 0 Å². The molecule has 1 aromatic heterocycles. The van der Waals surface area contributed by atoms with E-state index in [9.17, 15) is 0 Å². The Morgan fingerprint density at radius 1 is 1.40 bits per heavy atom. The molecule has 1 aliphatic carbocycles. The molecule has 1 aromatic carbocycles. The third kappa shape index (κ3) is 1.91. The van der Waals surface area contributed by atoms with Crippen LogP contribution in [0.25, 0.3) is 0 Å². The van der Waals surface area contributed by atoms with Crippen molar-refractivity contribution in [2.24, 2.45) is 0 Å². The van der Waals surface area contributed by atoms with Crippen molar-refractivity contribution < 1.29 is 0 Å². The molecule has 5 rings (SSSR count). The van der Waals surface area contributed by atoms with Crippen molar-refractivity contribution in [3.63, 3.8) is 0 Å². The number of H-pyrrole nitrogens is 1. The molecule has 0 saturated carbocycles. The van der Waals surface area contributed by atoms with Crippen LogP contribution in [0.3, 0.4) is 0 Å². The number of rotatable bonds is 1. The number of aromatic nitrogens is 2. The first-order valence-electron chi connectivity index (χ1n) is 8.99. The average molecular weight is 350 g/mol. The van der Waals surface area contributed by atoms with Crippen molar-refractivity contribution in [2.45, 2.75) is 37.1 Å². The second-order valence-corrected chi connectivity index (χ2v) is 7.85. The zero-order valence-electron chi connectivity index (χ0n) is 14.3. The Hall–Kier alpha value is -1.98. The monoisotopic (exact) mass is 350 g/mol. The number of allylic oxidation sites excluding steroid dienone is 1. The number of para-hydroxylation sites is 1. The van der Waals surface area contributed by atoms with Crippen molar-refractivity contribution >= 4 is 17.9 Å². The van der Waals surface area contributed by atoms with Gasteiger partial charge >= 0.3 is 0 Å². The van der Waals surface area contributed by atoms with Crippen LogP contribution in [-0.2, 0) is 5.41 Å². The van der Waals surface area contributed by atoms with E-state index in [1.165, 1.54) is 22.4 Å². The number of aromatic amines is 1. The highest BCUT2D eigenvalue weighted by Gasteiger charge is 2.58. The van der Waals surface area contributed by atoms with E-state index in [4.69, 9.17) is 18.0 Å². The van der Waals surface area contributed by atoms with Gasteiger partial charge in [-0.3, -0.25) is 4.90 Å². The molecule has 0 spiro atoms. The number of piperidine rings is 1. The molecule has 2 aromatic rings. The third-order valence-electron chi connectivity index (χ3n) is 6.57. The van der Waals surface area contributed by atoms with Gasteiger partial charge in [0.05, 0.1) is 5.41 Å². The highest BCUT2D eigenvalue weighted by molar-refractivity contribution is 7.71. The predicted molar refractivity (Wildman–Crippen MR) is 102 cm³/mol. The first-order chi connectivity index (χ1) is 12.1. The fraction of sp³-hybridized carbons (Fsp3) is 0.400. The molecular weight excluding hydrogens is 328 g/mol. The molecule has 3 aliphatic rings. The highest BCUT2D eigenvalue weighted by atomic mass is 32.1. The van der Waals surface area contributed by atoms with Crippen LogP contribution in [0.15, 0.2) is 42.1 Å². The summed E-state index contributed by atoms with van der Waals surface area (Å²) in [5.41, 5.74) is 12.5. The maximum absolute atomic E-state index is 6.46. The van der Waals surface area contributed by atoms with Crippen LogP contribution in [0.1, 0.15) is 42.5 Å². The largest absolute Gasteiger partial charge is 0.398 e. The van der Waals surface area contributed by atoms with E-state index >= 15 is 0 Å². The summed E-state index contributed by atoms with van der Waals surface area (Å²) in [7, 11) is 0. The van der Waals surface area contributed by atoms with Gasteiger partial charge in [-0.2, -0.15) is 0 Å². The van der Waals surface area contributed by atoms with Crippen molar-refractivity contribution in [1.82, 2.24) is 14.9 Å². The molecule has 2 fully saturated rings. The lowest BCUT2D eigenvalue weighted by atomic mass is 9.60. The molecule has 0 amide bonds. The number of anilines is 1. The Labute approximate surface area is 152 Å². The normalized spacial score (nSPS) is 32.0. The van der Waals surface area contributed by atoms with E-state index < -0.39 is 0 Å². The summed E-state index contributed by atoms with van der Waals surface area (Å²) in [6.07, 6.45) is 6.49. The fourth-order valence-corrected chi connectivity index (χ4v) is 5.67. The minimum atomic E-state index is -0.104. The molecule has 5 heteroatoms. The molecular formula is C20H22N4S. The Kier molecular flexibility index (Phi) is 3.21. The number of benzene rings is 1. The predicted octanol–water partition coefficient (Wildman–Crippen LogP) is 3.53. The van der Waals surface area contributed by atoms with Gasteiger partial charge in [0.1, 0.15) is 0 Å². The van der Waals surface area contributed by atoms with Crippen molar-refractivity contribution in [3.05, 3.63) is 63.7 Å². The molecule has 128 valence electrons. The zero-order chi connectivity index (χ0) is 17.2. The minimum absolute atomic E-state index is 0.104. The van der Waals surface area contributed by atoms with Gasteiger partial charge in [0.15, 0.2) is 4.77 Å². The molecule has 2 aliphatic heterocycles. The van der Waals surface area contributed by atoms with Crippen LogP contribution in [0.2, 0.25) is 0 Å². The lowest BCUT2D eigenvalue weighted by Gasteiger charge is -2.50. The first kappa shape index (κ1) is 15.3. The Morgan fingerprint density at radius 2 is 2.24 bits per heavy atom. The smallest absolute Gasteiger partial charge is 0.196 e. The number of fused-ring (bicyclic) bond motifs is 4. The number of nitrogens with zero attached hydrogens (tertiary/aromatic N) is 2. The third-order valence-corrected chi connectivity index (χ3v) is 6.78. The highest BCUT2D eigenvalue weighted by Crippen LogP contribution is 2.58. The second kappa shape index (κ2) is 5.26.